The van der Waals surface area contributed by atoms with Gasteiger partial charge in [0.15, 0.2) is 0 Å². The lowest BCUT2D eigenvalue weighted by atomic mass is 10.2. The molecule has 1 aromatic carbocycles. The van der Waals surface area contributed by atoms with E-state index in [0.29, 0.717) is 17.6 Å². The molecule has 2 aliphatic rings. The van der Waals surface area contributed by atoms with Crippen molar-refractivity contribution in [1.29, 1.82) is 0 Å². The number of anilines is 1. The predicted molar refractivity (Wildman–Crippen MR) is 84.8 cm³/mol. The quantitative estimate of drug-likeness (QED) is 0.925. The van der Waals surface area contributed by atoms with E-state index in [9.17, 15) is 9.59 Å². The molecule has 1 aliphatic heterocycles. The second kappa shape index (κ2) is 5.89. The van der Waals surface area contributed by atoms with Crippen LogP contribution in [-0.4, -0.2) is 34.6 Å². The number of benzene rings is 1. The predicted octanol–water partition coefficient (Wildman–Crippen LogP) is 3.15. The van der Waals surface area contributed by atoms with Gasteiger partial charge in [-0.2, -0.15) is 0 Å². The van der Waals surface area contributed by atoms with Crippen LogP contribution in [0.5, 0.6) is 0 Å². The molecular weight excluding hydrogens is 308 g/mol. The van der Waals surface area contributed by atoms with Crippen molar-refractivity contribution in [3.63, 3.8) is 0 Å². The van der Waals surface area contributed by atoms with Gasteiger partial charge < -0.3 is 10.2 Å². The Kier molecular flexibility index (Phi) is 4.13. The number of amides is 2. The summed E-state index contributed by atoms with van der Waals surface area (Å²) in [6.45, 7) is 2.70. The lowest BCUT2D eigenvalue weighted by Gasteiger charge is -2.26. The fourth-order valence-electron chi connectivity index (χ4n) is 2.56. The van der Waals surface area contributed by atoms with Crippen LogP contribution < -0.4 is 5.32 Å². The van der Waals surface area contributed by atoms with Crippen molar-refractivity contribution >= 4 is 40.9 Å². The molecule has 0 spiro atoms. The number of thioether (sulfide) groups is 1. The van der Waals surface area contributed by atoms with E-state index in [1.807, 2.05) is 17.9 Å². The number of carbonyl (C=O) groups is 2. The van der Waals surface area contributed by atoms with Gasteiger partial charge in [0, 0.05) is 28.9 Å². The molecule has 1 saturated carbocycles. The van der Waals surface area contributed by atoms with Crippen LogP contribution in [0.2, 0.25) is 5.02 Å². The molecular formula is C15H17ClN2O2S. The molecule has 1 aromatic rings. The van der Waals surface area contributed by atoms with E-state index in [2.05, 4.69) is 5.32 Å². The van der Waals surface area contributed by atoms with Gasteiger partial charge in [0.1, 0.15) is 0 Å². The number of nitrogens with one attached hydrogen (secondary N) is 1. The van der Waals surface area contributed by atoms with Crippen molar-refractivity contribution < 1.29 is 9.59 Å². The highest BCUT2D eigenvalue weighted by Gasteiger charge is 2.35. The van der Waals surface area contributed by atoms with Gasteiger partial charge in [0.25, 0.3) is 0 Å². The Balaban J connectivity index is 1.70. The topological polar surface area (TPSA) is 49.4 Å². The highest BCUT2D eigenvalue weighted by atomic mass is 35.5. The zero-order valence-corrected chi connectivity index (χ0v) is 13.3. The molecule has 1 heterocycles. The molecule has 3 rings (SSSR count). The van der Waals surface area contributed by atoms with E-state index in [0.717, 1.165) is 23.4 Å². The molecule has 112 valence electrons. The van der Waals surface area contributed by atoms with E-state index in [1.54, 1.807) is 12.1 Å². The van der Waals surface area contributed by atoms with Crippen LogP contribution in [0.3, 0.4) is 0 Å². The minimum absolute atomic E-state index is 0.0741. The number of nitrogens with zero attached hydrogens (tertiary/aromatic N) is 1. The first-order valence-corrected chi connectivity index (χ1v) is 8.40. The smallest absolute Gasteiger partial charge is 0.238 e. The largest absolute Gasteiger partial charge is 0.340 e. The molecule has 0 radical (unpaired) electrons. The minimum Gasteiger partial charge on any atom is -0.340 e. The zero-order valence-electron chi connectivity index (χ0n) is 11.8. The highest BCUT2D eigenvalue weighted by molar-refractivity contribution is 8.01. The van der Waals surface area contributed by atoms with E-state index in [1.165, 1.54) is 11.8 Å². The molecule has 6 heteroatoms. The van der Waals surface area contributed by atoms with Crippen molar-refractivity contribution in [1.82, 2.24) is 4.90 Å². The summed E-state index contributed by atoms with van der Waals surface area (Å²) in [5.74, 6) is -0.0416. The number of rotatable bonds is 4. The molecule has 1 fully saturated rings. The number of hydrogen-bond acceptors (Lipinski definition) is 3. The summed E-state index contributed by atoms with van der Waals surface area (Å²) in [7, 11) is 0. The maximum atomic E-state index is 12.3. The van der Waals surface area contributed by atoms with Gasteiger partial charge in [0.2, 0.25) is 11.8 Å². The second-order valence-corrected chi connectivity index (χ2v) is 7.03. The SMILES string of the molecule is CCN(C(=O)CC1Sc2ccc(Cl)cc2NC1=O)C1CC1. The van der Waals surface area contributed by atoms with Crippen LogP contribution in [0.25, 0.3) is 0 Å². The molecule has 1 atom stereocenters. The van der Waals surface area contributed by atoms with Crippen LogP contribution in [0.1, 0.15) is 26.2 Å². The van der Waals surface area contributed by atoms with Gasteiger partial charge >= 0.3 is 0 Å². The molecule has 0 bridgehead atoms. The molecule has 1 aliphatic carbocycles. The van der Waals surface area contributed by atoms with Gasteiger partial charge in [-0.25, -0.2) is 0 Å². The maximum absolute atomic E-state index is 12.3. The summed E-state index contributed by atoms with van der Waals surface area (Å²) >= 11 is 7.37. The van der Waals surface area contributed by atoms with E-state index >= 15 is 0 Å². The standard InChI is InChI=1S/C15H17ClN2O2S/c1-2-18(10-4-5-10)14(19)8-13-15(20)17-11-7-9(16)3-6-12(11)21-13/h3,6-7,10,13H,2,4-5,8H2,1H3,(H,17,20). The Labute approximate surface area is 133 Å². The van der Waals surface area contributed by atoms with Gasteiger partial charge in [-0.05, 0) is 38.0 Å². The van der Waals surface area contributed by atoms with Crippen molar-refractivity contribution in [3.05, 3.63) is 23.2 Å². The average molecular weight is 325 g/mol. The van der Waals surface area contributed by atoms with Crippen molar-refractivity contribution in [3.8, 4) is 0 Å². The van der Waals surface area contributed by atoms with Crippen molar-refractivity contribution in [2.24, 2.45) is 0 Å². The monoisotopic (exact) mass is 324 g/mol. The first-order chi connectivity index (χ1) is 10.1. The van der Waals surface area contributed by atoms with Crippen LogP contribution in [-0.2, 0) is 9.59 Å². The Hall–Kier alpha value is -1.20. The molecule has 21 heavy (non-hydrogen) atoms. The summed E-state index contributed by atoms with van der Waals surface area (Å²) < 4.78 is 0. The Morgan fingerprint density at radius 1 is 1.48 bits per heavy atom. The third-order valence-electron chi connectivity index (χ3n) is 3.77. The van der Waals surface area contributed by atoms with Gasteiger partial charge in [-0.15, -0.1) is 11.8 Å². The zero-order chi connectivity index (χ0) is 15.0. The Morgan fingerprint density at radius 3 is 2.90 bits per heavy atom. The molecule has 4 nitrogen and oxygen atoms in total. The number of hydrogen-bond donors (Lipinski definition) is 1. The third-order valence-corrected chi connectivity index (χ3v) is 5.28. The van der Waals surface area contributed by atoms with Gasteiger partial charge in [-0.3, -0.25) is 9.59 Å². The Morgan fingerprint density at radius 2 is 2.24 bits per heavy atom. The van der Waals surface area contributed by atoms with E-state index < -0.39 is 0 Å². The van der Waals surface area contributed by atoms with Gasteiger partial charge in [0.05, 0.1) is 10.9 Å². The minimum atomic E-state index is -0.362. The van der Waals surface area contributed by atoms with Crippen LogP contribution >= 0.6 is 23.4 Å². The van der Waals surface area contributed by atoms with Crippen LogP contribution in [0, 0.1) is 0 Å². The lowest BCUT2D eigenvalue weighted by Crippen LogP contribution is -2.38. The molecule has 1 unspecified atom stereocenters. The van der Waals surface area contributed by atoms with E-state index in [-0.39, 0.29) is 23.5 Å². The fourth-order valence-corrected chi connectivity index (χ4v) is 3.81. The number of halogens is 1. The number of fused-ring (bicyclic) bond motifs is 1. The Bertz CT molecular complexity index is 589. The van der Waals surface area contributed by atoms with E-state index in [4.69, 9.17) is 11.6 Å². The molecule has 1 N–H and O–H groups in total. The average Bonchev–Trinajstić information content (AvgIpc) is 3.25. The highest BCUT2D eigenvalue weighted by Crippen LogP contribution is 2.39. The first kappa shape index (κ1) is 14.7. The summed E-state index contributed by atoms with van der Waals surface area (Å²) in [6.07, 6.45) is 2.43. The van der Waals surface area contributed by atoms with Crippen LogP contribution in [0.15, 0.2) is 23.1 Å². The lowest BCUT2D eigenvalue weighted by molar-refractivity contribution is -0.133. The first-order valence-electron chi connectivity index (χ1n) is 7.15. The van der Waals surface area contributed by atoms with Crippen molar-refractivity contribution in [2.45, 2.75) is 42.4 Å². The summed E-state index contributed by atoms with van der Waals surface area (Å²) in [5, 5.41) is 3.07. The maximum Gasteiger partial charge on any atom is 0.238 e. The summed E-state index contributed by atoms with van der Waals surface area (Å²) in [6, 6.07) is 5.82. The normalized spacial score (nSPS) is 20.7. The third kappa shape index (κ3) is 3.19. The van der Waals surface area contributed by atoms with Crippen LogP contribution in [0.4, 0.5) is 5.69 Å². The van der Waals surface area contributed by atoms with Crippen molar-refractivity contribution in [2.75, 3.05) is 11.9 Å². The second-order valence-electron chi connectivity index (χ2n) is 5.35. The summed E-state index contributed by atoms with van der Waals surface area (Å²) in [5.41, 5.74) is 0.732. The molecule has 2 amide bonds. The molecule has 0 aromatic heterocycles. The molecule has 0 saturated heterocycles. The number of carbonyl (C=O) groups excluding carboxylic acids is 2. The summed E-state index contributed by atoms with van der Waals surface area (Å²) in [4.78, 5) is 27.4. The fraction of sp³-hybridized carbons (Fsp3) is 0.467. The van der Waals surface area contributed by atoms with Gasteiger partial charge in [-0.1, -0.05) is 11.6 Å².